The normalized spacial score (nSPS) is 13.3. The van der Waals surface area contributed by atoms with Crippen molar-refractivity contribution in [1.82, 2.24) is 4.90 Å². The predicted octanol–water partition coefficient (Wildman–Crippen LogP) is 8.58. The zero-order valence-electron chi connectivity index (χ0n) is 20.6. The van der Waals surface area contributed by atoms with Crippen LogP contribution in [0.5, 0.6) is 0 Å². The average molecular weight is 484 g/mol. The van der Waals surface area contributed by atoms with Gasteiger partial charge in [-0.3, -0.25) is 0 Å². The summed E-state index contributed by atoms with van der Waals surface area (Å²) in [5.74, 6) is 0.447. The third kappa shape index (κ3) is 9.90. The van der Waals surface area contributed by atoms with Crippen LogP contribution in [0.4, 0.5) is 4.39 Å². The molecule has 33 heavy (non-hydrogen) atoms. The molecule has 1 nitrogen and oxygen atoms in total. The number of halogens is 1. The monoisotopic (exact) mass is 483 g/mol. The fourth-order valence-electron chi connectivity index (χ4n) is 3.72. The van der Waals surface area contributed by atoms with Gasteiger partial charge in [-0.2, -0.15) is 0 Å². The van der Waals surface area contributed by atoms with Crippen molar-refractivity contribution in [2.24, 2.45) is 5.92 Å². The Morgan fingerprint density at radius 3 is 2.30 bits per heavy atom. The lowest BCUT2D eigenvalue weighted by Gasteiger charge is -2.26. The summed E-state index contributed by atoms with van der Waals surface area (Å²) in [5, 5.41) is -0.979. The second-order valence-corrected chi connectivity index (χ2v) is 10.9. The lowest BCUT2D eigenvalue weighted by Crippen LogP contribution is -2.24. The van der Waals surface area contributed by atoms with E-state index < -0.39 is 5.24 Å². The molecule has 0 fully saturated rings. The summed E-state index contributed by atoms with van der Waals surface area (Å²) >= 11 is 1.22. The number of hydrogen-bond acceptors (Lipinski definition) is 2. The summed E-state index contributed by atoms with van der Waals surface area (Å²) in [6.45, 7) is 14.5. The molecule has 0 bridgehead atoms. The molecule has 0 aliphatic carbocycles. The molecule has 0 amide bonds. The maximum Gasteiger partial charge on any atom is 0.162 e. The number of hydrogen-bond donors (Lipinski definition) is 0. The molecule has 2 unspecified atom stereocenters. The van der Waals surface area contributed by atoms with E-state index >= 15 is 0 Å². The van der Waals surface area contributed by atoms with Crippen LogP contribution >= 0.6 is 21.0 Å². The highest BCUT2D eigenvalue weighted by Crippen LogP contribution is 2.28. The molecular weight excluding hydrogens is 444 g/mol. The van der Waals surface area contributed by atoms with Crippen LogP contribution in [-0.4, -0.2) is 16.7 Å². The summed E-state index contributed by atoms with van der Waals surface area (Å²) in [5.41, 5.74) is 6.48. The van der Waals surface area contributed by atoms with E-state index in [-0.39, 0.29) is 0 Å². The third-order valence-corrected chi connectivity index (χ3v) is 6.84. The minimum absolute atomic E-state index is 0.447. The Kier molecular flexibility index (Phi) is 12.0. The van der Waals surface area contributed by atoms with Crippen molar-refractivity contribution >= 4 is 21.0 Å². The smallest absolute Gasteiger partial charge is 0.162 e. The molecule has 0 radical (unpaired) electrons. The Labute approximate surface area is 207 Å². The Balaban J connectivity index is 2.21. The Bertz CT molecular complexity index is 931. The molecule has 0 aliphatic heterocycles. The molecule has 0 aliphatic rings. The molecule has 4 heteroatoms. The second kappa shape index (κ2) is 14.4. The Hall–Kier alpha value is -1.83. The first-order valence-electron chi connectivity index (χ1n) is 11.8. The summed E-state index contributed by atoms with van der Waals surface area (Å²) in [4.78, 5) is 3.38. The first kappa shape index (κ1) is 27.4. The molecule has 178 valence electrons. The standard InChI is InChI=1S/C29H39FNPS/c1-6-9-24-10-8-11-25(20-24)18-19-31(23(5)12-15-27(7-2)22(3)4)21-26-13-16-28(17-14-26)33-29(30)32/h7-8,10-17,20,22,29H,2,6,9,18-19,21,32H2,1,3-5H3/b23-12+,27-15+. The van der Waals surface area contributed by atoms with Crippen molar-refractivity contribution in [1.29, 1.82) is 0 Å². The fourth-order valence-corrected chi connectivity index (χ4v) is 4.74. The zero-order valence-corrected chi connectivity index (χ0v) is 22.5. The first-order chi connectivity index (χ1) is 15.8. The molecule has 2 atom stereocenters. The molecule has 0 saturated heterocycles. The van der Waals surface area contributed by atoms with Crippen LogP contribution in [0.15, 0.2) is 89.5 Å². The molecule has 0 heterocycles. The van der Waals surface area contributed by atoms with Gasteiger partial charge in [-0.15, -0.1) is 0 Å². The lowest BCUT2D eigenvalue weighted by molar-refractivity contribution is 0.341. The highest BCUT2D eigenvalue weighted by molar-refractivity contribution is 8.03. The summed E-state index contributed by atoms with van der Waals surface area (Å²) in [6, 6.07) is 17.2. The van der Waals surface area contributed by atoms with E-state index in [0.29, 0.717) is 5.92 Å². The van der Waals surface area contributed by atoms with Crippen molar-refractivity contribution in [3.63, 3.8) is 0 Å². The fraction of sp³-hybridized carbons (Fsp3) is 0.379. The molecule has 2 rings (SSSR count). The minimum atomic E-state index is -0.979. The van der Waals surface area contributed by atoms with Crippen molar-refractivity contribution in [3.8, 4) is 0 Å². The molecule has 2 aromatic rings. The molecule has 0 N–H and O–H groups in total. The second-order valence-electron chi connectivity index (χ2n) is 8.69. The van der Waals surface area contributed by atoms with Gasteiger partial charge in [0.2, 0.25) is 0 Å². The maximum atomic E-state index is 13.3. The van der Waals surface area contributed by atoms with Crippen molar-refractivity contribution < 1.29 is 4.39 Å². The highest BCUT2D eigenvalue weighted by atomic mass is 32.2. The van der Waals surface area contributed by atoms with Crippen LogP contribution in [0, 0.1) is 5.92 Å². The van der Waals surface area contributed by atoms with Crippen LogP contribution in [0.3, 0.4) is 0 Å². The van der Waals surface area contributed by atoms with Crippen LogP contribution in [0.25, 0.3) is 0 Å². The van der Waals surface area contributed by atoms with E-state index in [1.165, 1.54) is 46.1 Å². The van der Waals surface area contributed by atoms with Crippen molar-refractivity contribution in [2.75, 3.05) is 6.54 Å². The number of alkyl halides is 1. The molecule has 0 spiro atoms. The molecular formula is C29H39FNPS. The van der Waals surface area contributed by atoms with Gasteiger partial charge < -0.3 is 4.90 Å². The Morgan fingerprint density at radius 1 is 1.06 bits per heavy atom. The van der Waals surface area contributed by atoms with E-state index in [9.17, 15) is 4.39 Å². The quantitative estimate of drug-likeness (QED) is 0.159. The number of thioether (sulfide) groups is 1. The number of benzene rings is 2. The summed E-state index contributed by atoms with van der Waals surface area (Å²) in [6.07, 6.45) is 9.62. The SMILES string of the molecule is C=C/C(=C\C=C(/C)N(CCc1cccc(CCC)c1)Cc1ccc(SC(F)P)cc1)C(C)C. The van der Waals surface area contributed by atoms with Gasteiger partial charge in [0.05, 0.1) is 0 Å². The van der Waals surface area contributed by atoms with Gasteiger partial charge in [-0.1, -0.05) is 103 Å². The first-order valence-corrected chi connectivity index (χ1v) is 13.4. The van der Waals surface area contributed by atoms with Gasteiger partial charge in [-0.25, -0.2) is 4.39 Å². The predicted molar refractivity (Wildman–Crippen MR) is 148 cm³/mol. The van der Waals surface area contributed by atoms with Gasteiger partial charge >= 0.3 is 0 Å². The molecule has 0 saturated carbocycles. The van der Waals surface area contributed by atoms with Crippen LogP contribution < -0.4 is 0 Å². The highest BCUT2D eigenvalue weighted by Gasteiger charge is 2.09. The van der Waals surface area contributed by atoms with Gasteiger partial charge in [0, 0.05) is 23.7 Å². The minimum Gasteiger partial charge on any atom is -0.370 e. The molecule has 2 aromatic carbocycles. The average Bonchev–Trinajstić information content (AvgIpc) is 2.78. The Morgan fingerprint density at radius 2 is 1.73 bits per heavy atom. The topological polar surface area (TPSA) is 3.24 Å². The summed E-state index contributed by atoms with van der Waals surface area (Å²) < 4.78 is 13.3. The number of nitrogens with zero attached hydrogens (tertiary/aromatic N) is 1. The largest absolute Gasteiger partial charge is 0.370 e. The van der Waals surface area contributed by atoms with Gasteiger partial charge in [0.15, 0.2) is 5.24 Å². The van der Waals surface area contributed by atoms with Gasteiger partial charge in [0.25, 0.3) is 0 Å². The van der Waals surface area contributed by atoms with E-state index in [1.54, 1.807) is 0 Å². The number of rotatable bonds is 13. The van der Waals surface area contributed by atoms with E-state index in [2.05, 4.69) is 97.0 Å². The van der Waals surface area contributed by atoms with Crippen LogP contribution in [0.1, 0.15) is 50.8 Å². The van der Waals surface area contributed by atoms with Crippen molar-refractivity contribution in [3.05, 3.63) is 101 Å². The zero-order chi connectivity index (χ0) is 24.2. The van der Waals surface area contributed by atoms with E-state index in [4.69, 9.17) is 0 Å². The van der Waals surface area contributed by atoms with E-state index in [0.717, 1.165) is 30.8 Å². The van der Waals surface area contributed by atoms with Gasteiger partial charge in [0.1, 0.15) is 0 Å². The number of allylic oxidation sites excluding steroid dienone is 5. The van der Waals surface area contributed by atoms with Crippen LogP contribution in [-0.2, 0) is 19.4 Å². The molecule has 0 aromatic heterocycles. The van der Waals surface area contributed by atoms with E-state index in [1.807, 2.05) is 18.2 Å². The van der Waals surface area contributed by atoms with Crippen molar-refractivity contribution in [2.45, 2.75) is 63.6 Å². The number of aryl methyl sites for hydroxylation is 1. The lowest BCUT2D eigenvalue weighted by atomic mass is 10.0. The third-order valence-electron chi connectivity index (χ3n) is 5.66. The van der Waals surface area contributed by atoms with Crippen LogP contribution in [0.2, 0.25) is 0 Å². The summed E-state index contributed by atoms with van der Waals surface area (Å²) in [7, 11) is 2.19. The maximum absolute atomic E-state index is 13.3. The van der Waals surface area contributed by atoms with Gasteiger partial charge in [-0.05, 0) is 66.2 Å².